The van der Waals surface area contributed by atoms with Crippen LogP contribution >= 0.6 is 0 Å². The molecular formula is C31H31FN4O4S. The second-order valence-corrected chi connectivity index (χ2v) is 12.1. The Balaban J connectivity index is 1.90. The van der Waals surface area contributed by atoms with Gasteiger partial charge in [0, 0.05) is 17.7 Å². The molecule has 0 saturated carbocycles. The number of aryl methyl sites for hydroxylation is 2. The molecule has 2 aromatic heterocycles. The lowest BCUT2D eigenvalue weighted by Crippen LogP contribution is -2.29. The Kier molecular flexibility index (Phi) is 8.69. The van der Waals surface area contributed by atoms with E-state index in [-0.39, 0.29) is 16.6 Å². The molecule has 2 aromatic carbocycles. The average molecular weight is 575 g/mol. The fourth-order valence-corrected chi connectivity index (χ4v) is 6.32. The van der Waals surface area contributed by atoms with E-state index < -0.39 is 38.2 Å². The Morgan fingerprint density at radius 1 is 1.07 bits per heavy atom. The topological polar surface area (TPSA) is 126 Å². The largest absolute Gasteiger partial charge is 0.493 e. The molecule has 0 spiro atoms. The van der Waals surface area contributed by atoms with Gasteiger partial charge < -0.3 is 5.11 Å². The van der Waals surface area contributed by atoms with Crippen LogP contribution in [0.3, 0.4) is 0 Å². The number of pyridine rings is 1. The van der Waals surface area contributed by atoms with E-state index in [9.17, 15) is 28.0 Å². The highest BCUT2D eigenvalue weighted by Gasteiger charge is 2.33. The third-order valence-electron chi connectivity index (χ3n) is 6.95. The maximum Gasteiger partial charge on any atom is 0.296 e. The van der Waals surface area contributed by atoms with E-state index >= 15 is 0 Å². The van der Waals surface area contributed by atoms with E-state index in [0.717, 1.165) is 6.42 Å². The van der Waals surface area contributed by atoms with Crippen molar-refractivity contribution in [1.29, 1.82) is 5.26 Å². The summed E-state index contributed by atoms with van der Waals surface area (Å²) in [4.78, 5) is 20.2. The number of nitriles is 1. The minimum absolute atomic E-state index is 0.165. The van der Waals surface area contributed by atoms with Gasteiger partial charge in [-0.3, -0.25) is 9.36 Å². The van der Waals surface area contributed by atoms with E-state index in [1.54, 1.807) is 37.3 Å². The fourth-order valence-electron chi connectivity index (χ4n) is 4.98. The SMILES string of the molecule is CCCCc1nc(=O)c(S(=O)(=O)c2ccc(-c3ccc(F)nc3C)cc2)c(O)n1C(c1cccc(C#N)c1)C(C)C. The number of hydrogen-bond donors (Lipinski definition) is 1. The number of unbranched alkanes of at least 4 members (excludes halogenated alkanes) is 1. The first-order valence-electron chi connectivity index (χ1n) is 13.3. The molecule has 0 amide bonds. The third-order valence-corrected chi connectivity index (χ3v) is 8.74. The Morgan fingerprint density at radius 2 is 1.78 bits per heavy atom. The maximum atomic E-state index is 13.8. The van der Waals surface area contributed by atoms with Gasteiger partial charge in [-0.1, -0.05) is 51.5 Å². The first kappa shape index (κ1) is 29.6. The number of aromatic hydroxyl groups is 1. The summed E-state index contributed by atoms with van der Waals surface area (Å²) in [5, 5.41) is 21.0. The molecule has 4 rings (SSSR count). The fraction of sp³-hybridized carbons (Fsp3) is 0.290. The zero-order valence-corrected chi connectivity index (χ0v) is 24.1. The molecule has 212 valence electrons. The van der Waals surface area contributed by atoms with Crippen LogP contribution in [-0.4, -0.2) is 28.1 Å². The van der Waals surface area contributed by atoms with Crippen LogP contribution in [0.15, 0.2) is 75.2 Å². The summed E-state index contributed by atoms with van der Waals surface area (Å²) in [7, 11) is -4.50. The van der Waals surface area contributed by atoms with Gasteiger partial charge in [0.2, 0.25) is 21.7 Å². The second kappa shape index (κ2) is 12.0. The van der Waals surface area contributed by atoms with Gasteiger partial charge in [0.1, 0.15) is 5.82 Å². The minimum Gasteiger partial charge on any atom is -0.493 e. The molecule has 0 fully saturated rings. The van der Waals surface area contributed by atoms with E-state index in [0.29, 0.717) is 40.8 Å². The number of aromatic nitrogens is 3. The van der Waals surface area contributed by atoms with Crippen molar-refractivity contribution in [2.24, 2.45) is 5.92 Å². The van der Waals surface area contributed by atoms with Crippen LogP contribution in [-0.2, 0) is 16.3 Å². The highest BCUT2D eigenvalue weighted by Crippen LogP contribution is 2.36. The number of rotatable bonds is 9. The van der Waals surface area contributed by atoms with E-state index in [1.807, 2.05) is 20.8 Å². The summed E-state index contributed by atoms with van der Waals surface area (Å²) in [6.07, 6.45) is 1.81. The van der Waals surface area contributed by atoms with Gasteiger partial charge >= 0.3 is 0 Å². The molecule has 0 aliphatic carbocycles. The molecule has 1 atom stereocenters. The number of benzene rings is 2. The van der Waals surface area contributed by atoms with Crippen LogP contribution in [0.25, 0.3) is 11.1 Å². The molecule has 10 heteroatoms. The van der Waals surface area contributed by atoms with Crippen LogP contribution in [0.4, 0.5) is 4.39 Å². The summed E-state index contributed by atoms with van der Waals surface area (Å²) in [6, 6.07) is 16.9. The quantitative estimate of drug-likeness (QED) is 0.252. The van der Waals surface area contributed by atoms with Crippen molar-refractivity contribution in [3.63, 3.8) is 0 Å². The van der Waals surface area contributed by atoms with Gasteiger partial charge in [-0.15, -0.1) is 0 Å². The summed E-state index contributed by atoms with van der Waals surface area (Å²) >= 11 is 0. The number of sulfone groups is 1. The van der Waals surface area contributed by atoms with Crippen LogP contribution in [0.5, 0.6) is 5.88 Å². The molecule has 0 aliphatic heterocycles. The van der Waals surface area contributed by atoms with Gasteiger partial charge in [0.05, 0.1) is 22.6 Å². The zero-order chi connectivity index (χ0) is 29.9. The van der Waals surface area contributed by atoms with Crippen molar-refractivity contribution in [3.8, 4) is 23.1 Å². The van der Waals surface area contributed by atoms with Crippen LogP contribution in [0.2, 0.25) is 0 Å². The highest BCUT2D eigenvalue weighted by molar-refractivity contribution is 7.91. The summed E-state index contributed by atoms with van der Waals surface area (Å²) in [5.74, 6) is -1.21. The molecule has 2 heterocycles. The van der Waals surface area contributed by atoms with E-state index in [4.69, 9.17) is 0 Å². The van der Waals surface area contributed by atoms with E-state index in [1.165, 1.54) is 34.9 Å². The van der Waals surface area contributed by atoms with Crippen LogP contribution in [0.1, 0.15) is 62.3 Å². The summed E-state index contributed by atoms with van der Waals surface area (Å²) in [5.41, 5.74) is 1.72. The number of halogens is 1. The van der Waals surface area contributed by atoms with Crippen molar-refractivity contribution in [1.82, 2.24) is 14.5 Å². The van der Waals surface area contributed by atoms with Gasteiger partial charge in [-0.05, 0) is 66.8 Å². The molecule has 0 aliphatic rings. The average Bonchev–Trinajstić information content (AvgIpc) is 2.93. The van der Waals surface area contributed by atoms with Gasteiger partial charge in [-0.2, -0.15) is 14.6 Å². The standard InChI is InChI=1S/C31H31FN4O4S/c1-5-6-10-27-35-30(37)29(31(38)36(27)28(19(2)3)23-9-7-8-21(17-23)18-33)41(39,40)24-13-11-22(12-14-24)25-15-16-26(32)34-20(25)4/h7-9,11-17,19,28,38H,5-6,10H2,1-4H3. The Morgan fingerprint density at radius 3 is 2.39 bits per heavy atom. The second-order valence-electron chi connectivity index (χ2n) is 10.2. The van der Waals surface area contributed by atoms with Gasteiger partial charge in [0.15, 0.2) is 4.90 Å². The first-order chi connectivity index (χ1) is 19.5. The maximum absolute atomic E-state index is 13.8. The van der Waals surface area contributed by atoms with Crippen molar-refractivity contribution in [2.45, 2.75) is 62.8 Å². The lowest BCUT2D eigenvalue weighted by molar-refractivity contribution is 0.326. The Hall–Kier alpha value is -4.36. The highest BCUT2D eigenvalue weighted by atomic mass is 32.2. The monoisotopic (exact) mass is 574 g/mol. The lowest BCUT2D eigenvalue weighted by Gasteiger charge is -2.29. The molecule has 1 unspecified atom stereocenters. The van der Waals surface area contributed by atoms with Crippen molar-refractivity contribution in [3.05, 3.63) is 99.6 Å². The van der Waals surface area contributed by atoms with Gasteiger partial charge in [-0.25, -0.2) is 13.4 Å². The number of hydrogen-bond acceptors (Lipinski definition) is 7. The van der Waals surface area contributed by atoms with Crippen molar-refractivity contribution in [2.75, 3.05) is 0 Å². The molecule has 0 saturated heterocycles. The zero-order valence-electron chi connectivity index (χ0n) is 23.3. The molecule has 0 radical (unpaired) electrons. The van der Waals surface area contributed by atoms with Crippen molar-refractivity contribution >= 4 is 9.84 Å². The summed E-state index contributed by atoms with van der Waals surface area (Å²) < 4.78 is 42.5. The van der Waals surface area contributed by atoms with Crippen molar-refractivity contribution < 1.29 is 17.9 Å². The van der Waals surface area contributed by atoms with E-state index in [2.05, 4.69) is 16.0 Å². The van der Waals surface area contributed by atoms with Gasteiger partial charge in [0.25, 0.3) is 5.56 Å². The molecular weight excluding hydrogens is 543 g/mol. The Bertz CT molecular complexity index is 1790. The smallest absolute Gasteiger partial charge is 0.296 e. The molecule has 8 nitrogen and oxygen atoms in total. The Labute approximate surface area is 238 Å². The molecule has 0 bridgehead atoms. The molecule has 4 aromatic rings. The predicted octanol–water partition coefficient (Wildman–Crippen LogP) is 5.75. The predicted molar refractivity (Wildman–Crippen MR) is 153 cm³/mol. The first-order valence-corrected chi connectivity index (χ1v) is 14.8. The lowest BCUT2D eigenvalue weighted by atomic mass is 9.94. The number of nitrogens with zero attached hydrogens (tertiary/aromatic N) is 4. The molecule has 41 heavy (non-hydrogen) atoms. The van der Waals surface area contributed by atoms with Crippen LogP contribution < -0.4 is 5.56 Å². The normalized spacial score (nSPS) is 12.3. The van der Waals surface area contributed by atoms with Crippen LogP contribution in [0, 0.1) is 30.1 Å². The molecule has 1 N–H and O–H groups in total. The third kappa shape index (κ3) is 5.91. The minimum atomic E-state index is -4.50. The summed E-state index contributed by atoms with van der Waals surface area (Å²) in [6.45, 7) is 7.44.